The van der Waals surface area contributed by atoms with Crippen LogP contribution in [0.25, 0.3) is 0 Å². The van der Waals surface area contributed by atoms with Crippen LogP contribution in [0, 0.1) is 5.92 Å². The standard InChI is InChI=1S/C21H28N2O3/c1-21(2,3)22-12-17(16-8-7-14-5-4-6-15(14)11-16)18(13-22)19(24)23-9-10-26-20(23)25/h7-8,11,17-18H,4-6,9-10,12-13H2,1-3H3. The Hall–Kier alpha value is -1.88. The summed E-state index contributed by atoms with van der Waals surface area (Å²) in [5.74, 6) is -0.148. The second-order valence-electron chi connectivity index (χ2n) is 8.77. The number of imide groups is 1. The maximum Gasteiger partial charge on any atom is 0.416 e. The third-order valence-corrected chi connectivity index (χ3v) is 6.16. The molecule has 1 aromatic rings. The van der Waals surface area contributed by atoms with Crippen molar-refractivity contribution in [3.05, 3.63) is 34.9 Å². The highest BCUT2D eigenvalue weighted by atomic mass is 16.6. The van der Waals surface area contributed by atoms with Gasteiger partial charge in [-0.3, -0.25) is 9.69 Å². The quantitative estimate of drug-likeness (QED) is 0.817. The third-order valence-electron chi connectivity index (χ3n) is 6.16. The number of carbonyl (C=O) groups excluding carboxylic acids is 2. The average molecular weight is 356 g/mol. The largest absolute Gasteiger partial charge is 0.447 e. The van der Waals surface area contributed by atoms with Crippen LogP contribution in [0.1, 0.15) is 49.8 Å². The first-order valence-electron chi connectivity index (χ1n) is 9.69. The third kappa shape index (κ3) is 3.02. The summed E-state index contributed by atoms with van der Waals surface area (Å²) in [6.45, 7) is 8.77. The lowest BCUT2D eigenvalue weighted by atomic mass is 9.86. The fraction of sp³-hybridized carbons (Fsp3) is 0.619. The van der Waals surface area contributed by atoms with E-state index in [0.29, 0.717) is 19.7 Å². The van der Waals surface area contributed by atoms with Crippen LogP contribution in [0.2, 0.25) is 0 Å². The molecule has 0 radical (unpaired) electrons. The number of nitrogens with zero attached hydrogens (tertiary/aromatic N) is 2. The molecule has 4 rings (SSSR count). The Bertz CT molecular complexity index is 737. The van der Waals surface area contributed by atoms with Crippen LogP contribution < -0.4 is 0 Å². The molecule has 140 valence electrons. The van der Waals surface area contributed by atoms with Crippen LogP contribution in [0.5, 0.6) is 0 Å². The van der Waals surface area contributed by atoms with Gasteiger partial charge in [0, 0.05) is 24.5 Å². The summed E-state index contributed by atoms with van der Waals surface area (Å²) >= 11 is 0. The zero-order chi connectivity index (χ0) is 18.5. The van der Waals surface area contributed by atoms with Crippen LogP contribution >= 0.6 is 0 Å². The number of carbonyl (C=O) groups is 2. The van der Waals surface area contributed by atoms with Gasteiger partial charge in [0.1, 0.15) is 6.61 Å². The SMILES string of the molecule is CC(C)(C)N1CC(C(=O)N2CCOC2=O)C(c2ccc3c(c2)CCC3)C1. The van der Waals surface area contributed by atoms with Crippen molar-refractivity contribution < 1.29 is 14.3 Å². The molecule has 0 bridgehead atoms. The Kier molecular flexibility index (Phi) is 4.30. The van der Waals surface area contributed by atoms with Gasteiger partial charge in [-0.15, -0.1) is 0 Å². The van der Waals surface area contributed by atoms with Crippen molar-refractivity contribution in [2.75, 3.05) is 26.2 Å². The molecular weight excluding hydrogens is 328 g/mol. The number of ether oxygens (including phenoxy) is 1. The van der Waals surface area contributed by atoms with Gasteiger partial charge in [0.15, 0.2) is 0 Å². The number of hydrogen-bond donors (Lipinski definition) is 0. The molecule has 0 N–H and O–H groups in total. The van der Waals surface area contributed by atoms with E-state index in [4.69, 9.17) is 4.74 Å². The molecule has 2 aliphatic heterocycles. The first-order chi connectivity index (χ1) is 12.3. The second kappa shape index (κ2) is 6.38. The van der Waals surface area contributed by atoms with Crippen LogP contribution in [-0.2, 0) is 22.4 Å². The smallest absolute Gasteiger partial charge is 0.416 e. The highest BCUT2D eigenvalue weighted by Crippen LogP contribution is 2.39. The van der Waals surface area contributed by atoms with Gasteiger partial charge in [-0.2, -0.15) is 0 Å². The van der Waals surface area contributed by atoms with Gasteiger partial charge in [-0.05, 0) is 56.7 Å². The van der Waals surface area contributed by atoms with Gasteiger partial charge in [-0.1, -0.05) is 18.2 Å². The van der Waals surface area contributed by atoms with E-state index in [0.717, 1.165) is 19.4 Å². The summed E-state index contributed by atoms with van der Waals surface area (Å²) in [6, 6.07) is 6.74. The van der Waals surface area contributed by atoms with E-state index in [1.165, 1.54) is 28.0 Å². The minimum atomic E-state index is -0.489. The lowest BCUT2D eigenvalue weighted by Gasteiger charge is -2.31. The van der Waals surface area contributed by atoms with E-state index in [2.05, 4.69) is 43.9 Å². The number of likely N-dealkylation sites (tertiary alicyclic amines) is 1. The molecule has 3 aliphatic rings. The minimum absolute atomic E-state index is 0.00444. The molecule has 1 aromatic carbocycles. The molecule has 2 heterocycles. The fourth-order valence-electron chi connectivity index (χ4n) is 4.56. The summed E-state index contributed by atoms with van der Waals surface area (Å²) in [5, 5.41) is 0. The Balaban J connectivity index is 1.65. The number of cyclic esters (lactones) is 1. The maximum atomic E-state index is 13.1. The number of rotatable bonds is 2. The molecule has 0 spiro atoms. The average Bonchev–Trinajstić information content (AvgIpc) is 3.31. The molecule has 0 aromatic heterocycles. The van der Waals surface area contributed by atoms with Crippen LogP contribution in [0.15, 0.2) is 18.2 Å². The van der Waals surface area contributed by atoms with Gasteiger partial charge in [-0.25, -0.2) is 9.69 Å². The van der Waals surface area contributed by atoms with Crippen molar-refractivity contribution in [1.29, 1.82) is 0 Å². The Morgan fingerprint density at radius 2 is 1.92 bits per heavy atom. The second-order valence-corrected chi connectivity index (χ2v) is 8.77. The van der Waals surface area contributed by atoms with E-state index < -0.39 is 6.09 Å². The molecule has 2 atom stereocenters. The van der Waals surface area contributed by atoms with Crippen molar-refractivity contribution in [1.82, 2.24) is 9.80 Å². The van der Waals surface area contributed by atoms with Crippen molar-refractivity contribution in [2.24, 2.45) is 5.92 Å². The summed E-state index contributed by atoms with van der Waals surface area (Å²) in [6.07, 6.45) is 3.03. The number of fused-ring (bicyclic) bond motifs is 1. The minimum Gasteiger partial charge on any atom is -0.447 e. The maximum absolute atomic E-state index is 13.1. The molecule has 0 saturated carbocycles. The summed E-state index contributed by atoms with van der Waals surface area (Å²) in [5.41, 5.74) is 4.12. The number of hydrogen-bond acceptors (Lipinski definition) is 4. The van der Waals surface area contributed by atoms with Gasteiger partial charge in [0.25, 0.3) is 0 Å². The van der Waals surface area contributed by atoms with Crippen molar-refractivity contribution in [3.8, 4) is 0 Å². The highest BCUT2D eigenvalue weighted by Gasteiger charge is 2.45. The Morgan fingerprint density at radius 3 is 2.62 bits per heavy atom. The molecule has 5 nitrogen and oxygen atoms in total. The van der Waals surface area contributed by atoms with Gasteiger partial charge in [0.05, 0.1) is 12.5 Å². The predicted molar refractivity (Wildman–Crippen MR) is 99.1 cm³/mol. The van der Waals surface area contributed by atoms with E-state index >= 15 is 0 Å². The summed E-state index contributed by atoms with van der Waals surface area (Å²) in [7, 11) is 0. The zero-order valence-corrected chi connectivity index (χ0v) is 16.0. The normalized spacial score (nSPS) is 26.3. The predicted octanol–water partition coefficient (Wildman–Crippen LogP) is 2.97. The van der Waals surface area contributed by atoms with E-state index in [1.807, 2.05) is 0 Å². The van der Waals surface area contributed by atoms with Crippen molar-refractivity contribution in [2.45, 2.75) is 51.5 Å². The molecular formula is C21H28N2O3. The fourth-order valence-corrected chi connectivity index (χ4v) is 4.56. The highest BCUT2D eigenvalue weighted by molar-refractivity contribution is 5.95. The van der Waals surface area contributed by atoms with Gasteiger partial charge >= 0.3 is 6.09 Å². The zero-order valence-electron chi connectivity index (χ0n) is 16.0. The van der Waals surface area contributed by atoms with Crippen molar-refractivity contribution in [3.63, 3.8) is 0 Å². The Labute approximate surface area is 155 Å². The summed E-state index contributed by atoms with van der Waals surface area (Å²) < 4.78 is 4.99. The molecule has 2 fully saturated rings. The van der Waals surface area contributed by atoms with Crippen LogP contribution in [-0.4, -0.2) is 53.6 Å². The van der Waals surface area contributed by atoms with Gasteiger partial charge < -0.3 is 4.74 Å². The van der Waals surface area contributed by atoms with E-state index in [9.17, 15) is 9.59 Å². The number of benzene rings is 1. The lowest BCUT2D eigenvalue weighted by Crippen LogP contribution is -2.42. The Morgan fingerprint density at radius 1 is 1.15 bits per heavy atom. The van der Waals surface area contributed by atoms with Crippen LogP contribution in [0.4, 0.5) is 4.79 Å². The first kappa shape index (κ1) is 17.5. The topological polar surface area (TPSA) is 49.9 Å². The van der Waals surface area contributed by atoms with E-state index in [1.54, 1.807) is 0 Å². The molecule has 2 unspecified atom stereocenters. The first-order valence-corrected chi connectivity index (χ1v) is 9.69. The monoisotopic (exact) mass is 356 g/mol. The van der Waals surface area contributed by atoms with Crippen molar-refractivity contribution >= 4 is 12.0 Å². The lowest BCUT2D eigenvalue weighted by molar-refractivity contribution is -0.132. The summed E-state index contributed by atoms with van der Waals surface area (Å²) in [4.78, 5) is 28.7. The van der Waals surface area contributed by atoms with Gasteiger partial charge in [0.2, 0.25) is 5.91 Å². The molecule has 26 heavy (non-hydrogen) atoms. The number of amides is 2. The molecule has 2 amide bonds. The molecule has 1 aliphatic carbocycles. The van der Waals surface area contributed by atoms with E-state index in [-0.39, 0.29) is 23.3 Å². The molecule has 2 saturated heterocycles. The van der Waals surface area contributed by atoms with Crippen LogP contribution in [0.3, 0.4) is 0 Å². The number of aryl methyl sites for hydroxylation is 2. The molecule has 5 heteroatoms.